The molecule has 0 saturated carbocycles. The van der Waals surface area contributed by atoms with Gasteiger partial charge in [-0.05, 0) is 42.8 Å². The Morgan fingerprint density at radius 2 is 1.76 bits per heavy atom. The van der Waals surface area contributed by atoms with E-state index in [1.54, 1.807) is 30.3 Å². The van der Waals surface area contributed by atoms with Crippen molar-refractivity contribution >= 4 is 27.1 Å². The van der Waals surface area contributed by atoms with Crippen molar-refractivity contribution in [3.05, 3.63) is 58.9 Å². The number of rotatable bonds is 4. The average Bonchev–Trinajstić information content (AvgIpc) is 2.42. The maximum atomic E-state index is 13.1. The summed E-state index contributed by atoms with van der Waals surface area (Å²) >= 11 is 5.73. The molecule has 0 aliphatic carbocycles. The normalized spacial score (nSPS) is 13.0. The van der Waals surface area contributed by atoms with Crippen LogP contribution in [0.2, 0.25) is 5.02 Å². The molecule has 0 aliphatic rings. The number of hydrogen-bond donors (Lipinski definition) is 1. The second-order valence-corrected chi connectivity index (χ2v) is 7.26. The lowest BCUT2D eigenvalue weighted by atomic mass is 10.1. The predicted molar refractivity (Wildman–Crippen MR) is 83.0 cm³/mol. The minimum atomic E-state index is -3.19. The van der Waals surface area contributed by atoms with E-state index in [-0.39, 0.29) is 16.0 Å². The van der Waals surface area contributed by atoms with Crippen LogP contribution in [0.1, 0.15) is 18.5 Å². The molecule has 0 radical (unpaired) electrons. The van der Waals surface area contributed by atoms with Gasteiger partial charge in [-0.2, -0.15) is 0 Å². The van der Waals surface area contributed by atoms with E-state index in [1.165, 1.54) is 18.4 Å². The third-order valence-corrected chi connectivity index (χ3v) is 4.53. The van der Waals surface area contributed by atoms with E-state index in [0.717, 1.165) is 5.56 Å². The van der Waals surface area contributed by atoms with Crippen LogP contribution in [0, 0.1) is 5.82 Å². The summed E-state index contributed by atoms with van der Waals surface area (Å²) in [6.45, 7) is 1.92. The van der Waals surface area contributed by atoms with Crippen molar-refractivity contribution < 1.29 is 12.8 Å². The number of anilines is 1. The highest BCUT2D eigenvalue weighted by Gasteiger charge is 2.10. The second-order valence-electron chi connectivity index (χ2n) is 4.84. The highest BCUT2D eigenvalue weighted by molar-refractivity contribution is 7.90. The minimum Gasteiger partial charge on any atom is -0.378 e. The van der Waals surface area contributed by atoms with Gasteiger partial charge in [0, 0.05) is 18.0 Å². The van der Waals surface area contributed by atoms with Gasteiger partial charge in [0.2, 0.25) is 0 Å². The molecule has 0 aromatic heterocycles. The largest absolute Gasteiger partial charge is 0.378 e. The maximum Gasteiger partial charge on any atom is 0.175 e. The zero-order valence-corrected chi connectivity index (χ0v) is 13.2. The van der Waals surface area contributed by atoms with E-state index in [4.69, 9.17) is 11.6 Å². The molecule has 1 unspecified atom stereocenters. The Balaban J connectivity index is 2.16. The lowest BCUT2D eigenvalue weighted by Gasteiger charge is -2.16. The molecule has 0 spiro atoms. The molecular weight excluding hydrogens is 313 g/mol. The van der Waals surface area contributed by atoms with Gasteiger partial charge in [0.25, 0.3) is 0 Å². The predicted octanol–water partition coefficient (Wildman–Crippen LogP) is 4.06. The van der Waals surface area contributed by atoms with Gasteiger partial charge in [0.1, 0.15) is 5.82 Å². The summed E-state index contributed by atoms with van der Waals surface area (Å²) in [5.41, 5.74) is 1.61. The quantitative estimate of drug-likeness (QED) is 0.921. The highest BCUT2D eigenvalue weighted by Crippen LogP contribution is 2.24. The minimum absolute atomic E-state index is 0.0552. The maximum absolute atomic E-state index is 13.1. The van der Waals surface area contributed by atoms with Crippen LogP contribution in [0.4, 0.5) is 10.1 Å². The first-order valence-electron chi connectivity index (χ1n) is 6.29. The van der Waals surface area contributed by atoms with Crippen molar-refractivity contribution in [2.75, 3.05) is 11.6 Å². The molecule has 0 bridgehead atoms. The summed E-state index contributed by atoms with van der Waals surface area (Å²) < 4.78 is 35.9. The van der Waals surface area contributed by atoms with E-state index >= 15 is 0 Å². The van der Waals surface area contributed by atoms with Crippen molar-refractivity contribution in [2.45, 2.75) is 17.9 Å². The van der Waals surface area contributed by atoms with Gasteiger partial charge in [-0.1, -0.05) is 23.7 Å². The Hall–Kier alpha value is -1.59. The van der Waals surface area contributed by atoms with E-state index in [9.17, 15) is 12.8 Å². The number of sulfone groups is 1. The Kier molecular flexibility index (Phi) is 4.54. The van der Waals surface area contributed by atoms with Crippen molar-refractivity contribution in [1.29, 1.82) is 0 Å². The van der Waals surface area contributed by atoms with Crippen molar-refractivity contribution in [2.24, 2.45) is 0 Å². The smallest absolute Gasteiger partial charge is 0.175 e. The molecule has 112 valence electrons. The van der Waals surface area contributed by atoms with Gasteiger partial charge in [-0.3, -0.25) is 0 Å². The molecule has 0 aliphatic heterocycles. The zero-order chi connectivity index (χ0) is 15.6. The van der Waals surface area contributed by atoms with Crippen LogP contribution in [-0.4, -0.2) is 14.7 Å². The first-order valence-corrected chi connectivity index (χ1v) is 8.56. The molecule has 1 atom stereocenters. The average molecular weight is 328 g/mol. The van der Waals surface area contributed by atoms with Crippen LogP contribution in [-0.2, 0) is 9.84 Å². The first kappa shape index (κ1) is 15.8. The van der Waals surface area contributed by atoms with Gasteiger partial charge in [0.05, 0.1) is 9.92 Å². The molecule has 21 heavy (non-hydrogen) atoms. The Labute approximate surface area is 128 Å². The standard InChI is InChI=1S/C15H15ClFNO2S/c1-10(18-12-5-8-15(17)14(16)9-12)11-3-6-13(7-4-11)21(2,19)20/h3-10,18H,1-2H3. The molecule has 3 nitrogen and oxygen atoms in total. The lowest BCUT2D eigenvalue weighted by molar-refractivity contribution is 0.602. The molecule has 2 aromatic carbocycles. The molecule has 2 aromatic rings. The molecule has 0 saturated heterocycles. The SMILES string of the molecule is CC(Nc1ccc(F)c(Cl)c1)c1ccc(S(C)(=O)=O)cc1. The van der Waals surface area contributed by atoms with Gasteiger partial charge in [-0.25, -0.2) is 12.8 Å². The molecular formula is C15H15ClFNO2S. The molecule has 6 heteroatoms. The number of benzene rings is 2. The molecule has 0 fully saturated rings. The fourth-order valence-corrected chi connectivity index (χ4v) is 2.73. The van der Waals surface area contributed by atoms with Gasteiger partial charge < -0.3 is 5.32 Å². The molecule has 1 N–H and O–H groups in total. The number of hydrogen-bond acceptors (Lipinski definition) is 3. The fourth-order valence-electron chi connectivity index (χ4n) is 1.92. The van der Waals surface area contributed by atoms with E-state index in [1.807, 2.05) is 6.92 Å². The Morgan fingerprint density at radius 1 is 1.14 bits per heavy atom. The van der Waals surface area contributed by atoms with Crippen molar-refractivity contribution in [3.63, 3.8) is 0 Å². The van der Waals surface area contributed by atoms with Gasteiger partial charge in [-0.15, -0.1) is 0 Å². The zero-order valence-electron chi connectivity index (χ0n) is 11.6. The topological polar surface area (TPSA) is 46.2 Å². The number of nitrogens with one attached hydrogen (secondary N) is 1. The van der Waals surface area contributed by atoms with Crippen molar-refractivity contribution in [1.82, 2.24) is 0 Å². The second kappa shape index (κ2) is 6.03. The van der Waals surface area contributed by atoms with Gasteiger partial charge >= 0.3 is 0 Å². The monoisotopic (exact) mass is 327 g/mol. The fraction of sp³-hybridized carbons (Fsp3) is 0.200. The van der Waals surface area contributed by atoms with Crippen LogP contribution in [0.3, 0.4) is 0 Å². The third-order valence-electron chi connectivity index (χ3n) is 3.11. The van der Waals surface area contributed by atoms with E-state index in [2.05, 4.69) is 5.32 Å². The lowest BCUT2D eigenvalue weighted by Crippen LogP contribution is -2.07. The summed E-state index contributed by atoms with van der Waals surface area (Å²) in [4.78, 5) is 0.281. The van der Waals surface area contributed by atoms with Crippen LogP contribution in [0.25, 0.3) is 0 Å². The van der Waals surface area contributed by atoms with Crippen LogP contribution >= 0.6 is 11.6 Å². The van der Waals surface area contributed by atoms with Crippen LogP contribution in [0.5, 0.6) is 0 Å². The molecule has 0 heterocycles. The summed E-state index contributed by atoms with van der Waals surface area (Å²) in [6.07, 6.45) is 1.17. The van der Waals surface area contributed by atoms with Crippen molar-refractivity contribution in [3.8, 4) is 0 Å². The summed E-state index contributed by atoms with van der Waals surface area (Å²) in [6, 6.07) is 11.0. The summed E-state index contributed by atoms with van der Waals surface area (Å²) in [5, 5.41) is 3.24. The summed E-state index contributed by atoms with van der Waals surface area (Å²) in [7, 11) is -3.19. The van der Waals surface area contributed by atoms with E-state index in [0.29, 0.717) is 5.69 Å². The molecule has 2 rings (SSSR count). The summed E-state index contributed by atoms with van der Waals surface area (Å²) in [5.74, 6) is -0.465. The first-order chi connectivity index (χ1) is 9.77. The van der Waals surface area contributed by atoms with Crippen LogP contribution < -0.4 is 5.32 Å². The Bertz CT molecular complexity index is 745. The van der Waals surface area contributed by atoms with Gasteiger partial charge in [0.15, 0.2) is 9.84 Å². The van der Waals surface area contributed by atoms with E-state index < -0.39 is 15.7 Å². The number of halogens is 2. The highest BCUT2D eigenvalue weighted by atomic mass is 35.5. The molecule has 0 amide bonds. The Morgan fingerprint density at radius 3 is 2.29 bits per heavy atom. The van der Waals surface area contributed by atoms with Crippen LogP contribution in [0.15, 0.2) is 47.4 Å². The third kappa shape index (κ3) is 3.95.